The van der Waals surface area contributed by atoms with Gasteiger partial charge in [0.05, 0.1) is 0 Å². The topological polar surface area (TPSA) is 58.6 Å². The number of aryl methyl sites for hydroxylation is 1. The van der Waals surface area contributed by atoms with E-state index in [4.69, 9.17) is 4.74 Å². The van der Waals surface area contributed by atoms with Crippen LogP contribution in [0.4, 0.5) is 4.39 Å². The minimum Gasteiger partial charge on any atom is -0.484 e. The summed E-state index contributed by atoms with van der Waals surface area (Å²) >= 11 is 0. The number of nitrogens with zero attached hydrogens (tertiary/aromatic N) is 1. The molecule has 0 aliphatic heterocycles. The van der Waals surface area contributed by atoms with Crippen molar-refractivity contribution in [2.24, 2.45) is 0 Å². The van der Waals surface area contributed by atoms with Gasteiger partial charge in [0.1, 0.15) is 17.6 Å². The van der Waals surface area contributed by atoms with Gasteiger partial charge in [-0.3, -0.25) is 9.59 Å². The Morgan fingerprint density at radius 3 is 2.13 bits per heavy atom. The molecule has 2 atom stereocenters. The minimum absolute atomic E-state index is 0.0117. The Balaban J connectivity index is 2.18. The van der Waals surface area contributed by atoms with Gasteiger partial charge in [-0.2, -0.15) is 0 Å². The van der Waals surface area contributed by atoms with Crippen molar-refractivity contribution >= 4 is 11.8 Å². The molecule has 0 aromatic heterocycles. The third-order valence-electron chi connectivity index (χ3n) is 5.35. The summed E-state index contributed by atoms with van der Waals surface area (Å²) in [5.74, 6) is -0.235. The van der Waals surface area contributed by atoms with E-state index >= 15 is 0 Å². The number of hydrogen-bond acceptors (Lipinski definition) is 3. The number of ether oxygens (including phenoxy) is 1. The lowest BCUT2D eigenvalue weighted by molar-refractivity contribution is -0.143. The fraction of sp³-hybridized carbons (Fsp3) is 0.440. The minimum atomic E-state index is -0.641. The number of halogens is 1. The normalized spacial score (nSPS) is 12.7. The van der Waals surface area contributed by atoms with Crippen LogP contribution >= 0.6 is 0 Å². The van der Waals surface area contributed by atoms with Gasteiger partial charge in [0.2, 0.25) is 5.91 Å². The number of nitrogens with one attached hydrogen (secondary N) is 1. The molecule has 1 N–H and O–H groups in total. The summed E-state index contributed by atoms with van der Waals surface area (Å²) in [7, 11) is 0. The van der Waals surface area contributed by atoms with Crippen molar-refractivity contribution in [2.45, 2.75) is 65.6 Å². The second kappa shape index (κ2) is 12.1. The van der Waals surface area contributed by atoms with Crippen LogP contribution in [0, 0.1) is 5.82 Å². The average Bonchev–Trinajstić information content (AvgIpc) is 2.78. The van der Waals surface area contributed by atoms with E-state index in [0.717, 1.165) is 18.4 Å². The first kappa shape index (κ1) is 24.4. The third-order valence-corrected chi connectivity index (χ3v) is 5.35. The second-order valence-corrected chi connectivity index (χ2v) is 7.68. The first-order chi connectivity index (χ1) is 14.9. The number of benzene rings is 2. The highest BCUT2D eigenvalue weighted by Crippen LogP contribution is 2.16. The Bertz CT molecular complexity index is 837. The molecular formula is C25H33FN2O3. The SMILES string of the molecule is CCc1ccc(OCC(=O)N(Cc2ccc(F)cc2)[C@@H](CC)C(=O)N[C@@H](C)CC)cc1. The zero-order valence-corrected chi connectivity index (χ0v) is 18.9. The van der Waals surface area contributed by atoms with Gasteiger partial charge < -0.3 is 15.0 Å². The zero-order chi connectivity index (χ0) is 22.8. The maximum Gasteiger partial charge on any atom is 0.261 e. The monoisotopic (exact) mass is 428 g/mol. The van der Waals surface area contributed by atoms with Gasteiger partial charge >= 0.3 is 0 Å². The smallest absolute Gasteiger partial charge is 0.261 e. The van der Waals surface area contributed by atoms with Gasteiger partial charge in [0.15, 0.2) is 6.61 Å². The standard InChI is InChI=1S/C25H33FN2O3/c1-5-18(4)27-25(30)23(7-3)28(16-20-8-12-21(26)13-9-20)24(29)17-31-22-14-10-19(6-2)11-15-22/h8-15,18,23H,5-7,16-17H2,1-4H3,(H,27,30)/t18-,23-/m0/s1. The molecule has 0 spiro atoms. The van der Waals surface area contributed by atoms with Crippen LogP contribution in [0.3, 0.4) is 0 Å². The molecule has 0 unspecified atom stereocenters. The summed E-state index contributed by atoms with van der Waals surface area (Å²) in [4.78, 5) is 27.5. The first-order valence-electron chi connectivity index (χ1n) is 10.9. The van der Waals surface area contributed by atoms with Crippen LogP contribution in [0.25, 0.3) is 0 Å². The molecule has 0 aliphatic rings. The molecular weight excluding hydrogens is 395 g/mol. The van der Waals surface area contributed by atoms with Crippen molar-refractivity contribution in [3.8, 4) is 5.75 Å². The van der Waals surface area contributed by atoms with Crippen molar-refractivity contribution in [3.05, 3.63) is 65.5 Å². The van der Waals surface area contributed by atoms with Crippen LogP contribution in [0.2, 0.25) is 0 Å². The van der Waals surface area contributed by atoms with E-state index in [0.29, 0.717) is 12.2 Å². The number of amides is 2. The fourth-order valence-electron chi connectivity index (χ4n) is 3.20. The quantitative estimate of drug-likeness (QED) is 0.574. The molecule has 2 amide bonds. The Morgan fingerprint density at radius 2 is 1.58 bits per heavy atom. The van der Waals surface area contributed by atoms with Crippen molar-refractivity contribution in [3.63, 3.8) is 0 Å². The molecule has 0 fully saturated rings. The number of carbonyl (C=O) groups excluding carboxylic acids is 2. The van der Waals surface area contributed by atoms with E-state index in [2.05, 4.69) is 12.2 Å². The Hall–Kier alpha value is -2.89. The van der Waals surface area contributed by atoms with Crippen molar-refractivity contribution < 1.29 is 18.7 Å². The average molecular weight is 429 g/mol. The summed E-state index contributed by atoms with van der Waals surface area (Å²) in [6.07, 6.45) is 2.18. The first-order valence-corrected chi connectivity index (χ1v) is 10.9. The number of rotatable bonds is 11. The molecule has 0 aliphatic carbocycles. The van der Waals surface area contributed by atoms with Crippen LogP contribution < -0.4 is 10.1 Å². The van der Waals surface area contributed by atoms with Crippen LogP contribution in [0.5, 0.6) is 5.75 Å². The predicted octanol–water partition coefficient (Wildman–Crippen LogP) is 4.49. The van der Waals surface area contributed by atoms with E-state index in [1.165, 1.54) is 22.6 Å². The molecule has 0 heterocycles. The van der Waals surface area contributed by atoms with Crippen molar-refractivity contribution in [2.75, 3.05) is 6.61 Å². The highest BCUT2D eigenvalue weighted by molar-refractivity contribution is 5.88. The summed E-state index contributed by atoms with van der Waals surface area (Å²) in [5, 5.41) is 2.96. The lowest BCUT2D eigenvalue weighted by Crippen LogP contribution is -2.51. The summed E-state index contributed by atoms with van der Waals surface area (Å²) < 4.78 is 19.0. The number of carbonyl (C=O) groups is 2. The summed E-state index contributed by atoms with van der Waals surface area (Å²) in [5.41, 5.74) is 1.93. The lowest BCUT2D eigenvalue weighted by atomic mass is 10.1. The molecule has 2 aromatic rings. The van der Waals surface area contributed by atoms with E-state index in [1.807, 2.05) is 45.0 Å². The van der Waals surface area contributed by atoms with Gasteiger partial charge in [-0.1, -0.05) is 45.0 Å². The van der Waals surface area contributed by atoms with Crippen LogP contribution in [0.1, 0.15) is 51.7 Å². The zero-order valence-electron chi connectivity index (χ0n) is 18.9. The third kappa shape index (κ3) is 7.39. The molecule has 5 nitrogen and oxygen atoms in total. The van der Waals surface area contributed by atoms with Gasteiger partial charge in [-0.15, -0.1) is 0 Å². The van der Waals surface area contributed by atoms with E-state index < -0.39 is 6.04 Å². The van der Waals surface area contributed by atoms with Gasteiger partial charge in [0, 0.05) is 12.6 Å². The van der Waals surface area contributed by atoms with E-state index in [-0.39, 0.29) is 36.8 Å². The van der Waals surface area contributed by atoms with Crippen LogP contribution in [-0.4, -0.2) is 35.4 Å². The van der Waals surface area contributed by atoms with Crippen LogP contribution in [-0.2, 0) is 22.6 Å². The molecule has 0 saturated heterocycles. The largest absolute Gasteiger partial charge is 0.484 e. The maximum absolute atomic E-state index is 13.3. The van der Waals surface area contributed by atoms with E-state index in [1.54, 1.807) is 12.1 Å². The molecule has 0 bridgehead atoms. The highest BCUT2D eigenvalue weighted by atomic mass is 19.1. The second-order valence-electron chi connectivity index (χ2n) is 7.68. The molecule has 6 heteroatoms. The lowest BCUT2D eigenvalue weighted by Gasteiger charge is -2.31. The molecule has 0 radical (unpaired) electrons. The number of hydrogen-bond donors (Lipinski definition) is 1. The molecule has 31 heavy (non-hydrogen) atoms. The van der Waals surface area contributed by atoms with Gasteiger partial charge in [-0.25, -0.2) is 4.39 Å². The van der Waals surface area contributed by atoms with Gasteiger partial charge in [0.25, 0.3) is 5.91 Å². The van der Waals surface area contributed by atoms with Crippen molar-refractivity contribution in [1.29, 1.82) is 0 Å². The highest BCUT2D eigenvalue weighted by Gasteiger charge is 2.29. The summed E-state index contributed by atoms with van der Waals surface area (Å²) in [6.45, 7) is 7.88. The molecule has 2 rings (SSSR count). The Labute approximate surface area is 184 Å². The molecule has 2 aromatic carbocycles. The Morgan fingerprint density at radius 1 is 0.968 bits per heavy atom. The predicted molar refractivity (Wildman–Crippen MR) is 120 cm³/mol. The summed E-state index contributed by atoms with van der Waals surface area (Å²) in [6, 6.07) is 12.9. The van der Waals surface area contributed by atoms with Crippen LogP contribution in [0.15, 0.2) is 48.5 Å². The molecule has 0 saturated carbocycles. The maximum atomic E-state index is 13.3. The van der Waals surface area contributed by atoms with Crippen molar-refractivity contribution in [1.82, 2.24) is 10.2 Å². The fourth-order valence-corrected chi connectivity index (χ4v) is 3.20. The van der Waals surface area contributed by atoms with Gasteiger partial charge in [-0.05, 0) is 61.6 Å². The van der Waals surface area contributed by atoms with E-state index in [9.17, 15) is 14.0 Å². The Kier molecular flexibility index (Phi) is 9.50. The molecule has 168 valence electrons.